The Bertz CT molecular complexity index is 2160. The van der Waals surface area contributed by atoms with Crippen molar-refractivity contribution in [2.45, 2.75) is 47.5 Å². The smallest absolute Gasteiger partial charge is 0.137 e. The summed E-state index contributed by atoms with van der Waals surface area (Å²) in [6, 6.07) is 29.4. The third kappa shape index (κ3) is 4.75. The molecule has 0 fully saturated rings. The maximum atomic E-state index is 6.48. The number of para-hydroxylation sites is 1. The van der Waals surface area contributed by atoms with Crippen LogP contribution in [-0.4, -0.2) is 19.3 Å². The summed E-state index contributed by atoms with van der Waals surface area (Å²) in [6.07, 6.45) is 5.97. The Hall–Kier alpha value is -5.16. The number of hydrogen-bond donors (Lipinski definition) is 0. The van der Waals surface area contributed by atoms with E-state index >= 15 is 0 Å². The van der Waals surface area contributed by atoms with Gasteiger partial charge in [0.2, 0.25) is 0 Å². The molecule has 0 saturated heterocycles. The average Bonchev–Trinajstić information content (AvgIpc) is 3.63. The average molecular weight is 577 g/mol. The van der Waals surface area contributed by atoms with Crippen molar-refractivity contribution in [1.82, 2.24) is 19.3 Å². The molecule has 0 aliphatic carbocycles. The minimum absolute atomic E-state index is 0.413. The molecule has 218 valence electrons. The number of pyridine rings is 1. The van der Waals surface area contributed by atoms with Gasteiger partial charge in [-0.05, 0) is 109 Å². The predicted octanol–water partition coefficient (Wildman–Crippen LogP) is 10.2. The van der Waals surface area contributed by atoms with Crippen molar-refractivity contribution in [3.05, 3.63) is 131 Å². The first kappa shape index (κ1) is 27.7. The Kier molecular flexibility index (Phi) is 6.81. The molecule has 0 N–H and O–H groups in total. The van der Waals surface area contributed by atoms with Crippen LogP contribution in [0.2, 0.25) is 0 Å². The van der Waals surface area contributed by atoms with Crippen LogP contribution in [0.25, 0.3) is 44.4 Å². The van der Waals surface area contributed by atoms with Crippen LogP contribution in [0.5, 0.6) is 11.5 Å². The van der Waals surface area contributed by atoms with Gasteiger partial charge in [-0.1, -0.05) is 44.2 Å². The molecular weight excluding hydrogens is 540 g/mol. The largest absolute Gasteiger partial charge is 0.457 e. The molecule has 0 bridgehead atoms. The Balaban J connectivity index is 1.26. The van der Waals surface area contributed by atoms with Crippen LogP contribution in [-0.2, 0) is 0 Å². The number of aryl methyl sites for hydroxylation is 2. The van der Waals surface area contributed by atoms with Gasteiger partial charge >= 0.3 is 0 Å². The fourth-order valence-corrected chi connectivity index (χ4v) is 6.24. The van der Waals surface area contributed by atoms with E-state index in [1.54, 1.807) is 0 Å². The van der Waals surface area contributed by atoms with Crippen LogP contribution < -0.4 is 4.74 Å². The second-order valence-electron chi connectivity index (χ2n) is 12.0. The predicted molar refractivity (Wildman–Crippen MR) is 181 cm³/mol. The van der Waals surface area contributed by atoms with Crippen molar-refractivity contribution in [2.75, 3.05) is 0 Å². The van der Waals surface area contributed by atoms with E-state index in [2.05, 4.69) is 113 Å². The second-order valence-corrected chi connectivity index (χ2v) is 12.0. The lowest BCUT2D eigenvalue weighted by molar-refractivity contribution is 0.483. The van der Waals surface area contributed by atoms with Gasteiger partial charge in [0, 0.05) is 40.9 Å². The van der Waals surface area contributed by atoms with E-state index in [1.807, 2.05) is 41.3 Å². The van der Waals surface area contributed by atoms with E-state index in [1.165, 1.54) is 44.2 Å². The quantitative estimate of drug-likeness (QED) is 0.198. The number of ether oxygens (including phenoxy) is 1. The standard InChI is InChI=1S/C39H36N4O/c1-24(2)29-16-17-40-38(19-29)43-36-13-8-7-12-34(36)35-15-14-33(21-37(35)43)44-32-11-9-10-31(20-32)42-23-30(22-41-42)39-27(5)25(3)18-26(4)28(39)6/h7-24H,1-6H3. The topological polar surface area (TPSA) is 44.9 Å². The summed E-state index contributed by atoms with van der Waals surface area (Å²) in [5.41, 5.74) is 11.9. The Morgan fingerprint density at radius 2 is 1.45 bits per heavy atom. The molecule has 7 aromatic rings. The highest BCUT2D eigenvalue weighted by molar-refractivity contribution is 6.09. The molecular formula is C39H36N4O. The second kappa shape index (κ2) is 10.8. The summed E-state index contributed by atoms with van der Waals surface area (Å²) in [6.45, 7) is 13.1. The number of fused-ring (bicyclic) bond motifs is 3. The molecule has 5 nitrogen and oxygen atoms in total. The normalized spacial score (nSPS) is 11.6. The fourth-order valence-electron chi connectivity index (χ4n) is 6.24. The van der Waals surface area contributed by atoms with Crippen LogP contribution in [0.1, 0.15) is 47.6 Å². The van der Waals surface area contributed by atoms with E-state index in [-0.39, 0.29) is 0 Å². The van der Waals surface area contributed by atoms with Crippen LogP contribution in [0.4, 0.5) is 0 Å². The third-order valence-corrected chi connectivity index (χ3v) is 8.87. The summed E-state index contributed by atoms with van der Waals surface area (Å²) in [5, 5.41) is 7.09. The highest BCUT2D eigenvalue weighted by Gasteiger charge is 2.16. The Morgan fingerprint density at radius 1 is 0.705 bits per heavy atom. The molecule has 3 aromatic heterocycles. The van der Waals surface area contributed by atoms with Crippen molar-refractivity contribution < 1.29 is 4.74 Å². The highest BCUT2D eigenvalue weighted by Crippen LogP contribution is 2.36. The molecule has 5 heteroatoms. The molecule has 0 unspecified atom stereocenters. The lowest BCUT2D eigenvalue weighted by Crippen LogP contribution is -1.99. The number of nitrogens with zero attached hydrogens (tertiary/aromatic N) is 4. The van der Waals surface area contributed by atoms with Gasteiger partial charge in [0.25, 0.3) is 0 Å². The number of rotatable bonds is 6. The van der Waals surface area contributed by atoms with Gasteiger partial charge in [0.05, 0.1) is 22.9 Å². The molecule has 4 aromatic carbocycles. The maximum Gasteiger partial charge on any atom is 0.137 e. The molecule has 0 aliphatic heterocycles. The van der Waals surface area contributed by atoms with E-state index in [4.69, 9.17) is 14.8 Å². The van der Waals surface area contributed by atoms with E-state index < -0.39 is 0 Å². The summed E-state index contributed by atoms with van der Waals surface area (Å²) in [7, 11) is 0. The lowest BCUT2D eigenvalue weighted by atomic mass is 9.91. The van der Waals surface area contributed by atoms with Crippen molar-refractivity contribution in [2.24, 2.45) is 0 Å². The zero-order valence-electron chi connectivity index (χ0n) is 26.1. The van der Waals surface area contributed by atoms with Crippen molar-refractivity contribution in [3.63, 3.8) is 0 Å². The molecule has 44 heavy (non-hydrogen) atoms. The van der Waals surface area contributed by atoms with Gasteiger partial charge in [-0.3, -0.25) is 4.57 Å². The molecule has 0 radical (unpaired) electrons. The van der Waals surface area contributed by atoms with Crippen LogP contribution in [0, 0.1) is 27.7 Å². The maximum absolute atomic E-state index is 6.48. The van der Waals surface area contributed by atoms with Crippen LogP contribution in [0.15, 0.2) is 104 Å². The zero-order chi connectivity index (χ0) is 30.5. The molecule has 3 heterocycles. The van der Waals surface area contributed by atoms with Crippen LogP contribution >= 0.6 is 0 Å². The Labute approximate surface area is 258 Å². The van der Waals surface area contributed by atoms with Gasteiger partial charge in [-0.15, -0.1) is 0 Å². The lowest BCUT2D eigenvalue weighted by Gasteiger charge is -2.14. The fraction of sp³-hybridized carbons (Fsp3) is 0.179. The summed E-state index contributed by atoms with van der Waals surface area (Å²) in [4.78, 5) is 4.78. The number of aromatic nitrogens is 4. The van der Waals surface area contributed by atoms with Crippen molar-refractivity contribution in [1.29, 1.82) is 0 Å². The molecule has 7 rings (SSSR count). The van der Waals surface area contributed by atoms with Gasteiger partial charge in [0.15, 0.2) is 0 Å². The molecule has 0 spiro atoms. The first-order valence-corrected chi connectivity index (χ1v) is 15.2. The van der Waals surface area contributed by atoms with E-state index in [0.717, 1.165) is 39.6 Å². The third-order valence-electron chi connectivity index (χ3n) is 8.87. The van der Waals surface area contributed by atoms with Gasteiger partial charge in [-0.25, -0.2) is 9.67 Å². The molecule has 0 aliphatic rings. The summed E-state index contributed by atoms with van der Waals surface area (Å²) in [5.74, 6) is 2.84. The minimum atomic E-state index is 0.413. The monoisotopic (exact) mass is 576 g/mol. The summed E-state index contributed by atoms with van der Waals surface area (Å²) >= 11 is 0. The van der Waals surface area contributed by atoms with Gasteiger partial charge < -0.3 is 4.74 Å². The molecule has 0 amide bonds. The number of hydrogen-bond acceptors (Lipinski definition) is 3. The Morgan fingerprint density at radius 3 is 2.25 bits per heavy atom. The summed E-state index contributed by atoms with van der Waals surface area (Å²) < 4.78 is 10.6. The van der Waals surface area contributed by atoms with Crippen molar-refractivity contribution in [3.8, 4) is 34.1 Å². The molecule has 0 atom stereocenters. The minimum Gasteiger partial charge on any atom is -0.457 e. The van der Waals surface area contributed by atoms with Gasteiger partial charge in [0.1, 0.15) is 17.3 Å². The van der Waals surface area contributed by atoms with E-state index in [0.29, 0.717) is 5.92 Å². The highest BCUT2D eigenvalue weighted by atomic mass is 16.5. The number of benzene rings is 4. The molecule has 0 saturated carbocycles. The van der Waals surface area contributed by atoms with Crippen molar-refractivity contribution >= 4 is 21.8 Å². The van der Waals surface area contributed by atoms with E-state index in [9.17, 15) is 0 Å². The first-order valence-electron chi connectivity index (χ1n) is 15.2. The van der Waals surface area contributed by atoms with Crippen LogP contribution in [0.3, 0.4) is 0 Å². The SMILES string of the molecule is Cc1cc(C)c(C)c(-c2cnn(-c3cccc(Oc4ccc5c6ccccc6n(-c6cc(C(C)C)ccn6)c5c4)c3)c2)c1C. The zero-order valence-corrected chi connectivity index (χ0v) is 26.1. The van der Waals surface area contributed by atoms with Gasteiger partial charge in [-0.2, -0.15) is 5.10 Å². The first-order chi connectivity index (χ1) is 21.3.